The number of nitrogens with zero attached hydrogens (tertiary/aromatic N) is 2. The van der Waals surface area contributed by atoms with Crippen molar-refractivity contribution in [3.05, 3.63) is 63.2 Å². The number of benzene rings is 2. The topological polar surface area (TPSA) is 96.6 Å². The average Bonchev–Trinajstić information content (AvgIpc) is 2.81. The number of carbonyl (C=O) groups excluding carboxylic acids is 1. The number of alkyl halides is 6. The second-order valence-corrected chi connectivity index (χ2v) is 9.70. The molecule has 1 amide bonds. The van der Waals surface area contributed by atoms with E-state index in [9.17, 15) is 35.9 Å². The van der Waals surface area contributed by atoms with Gasteiger partial charge in [-0.1, -0.05) is 0 Å². The molecule has 2 heterocycles. The van der Waals surface area contributed by atoms with Crippen molar-refractivity contribution < 1.29 is 40.6 Å². The lowest BCUT2D eigenvalue weighted by Gasteiger charge is -2.35. The van der Waals surface area contributed by atoms with E-state index in [1.165, 1.54) is 24.8 Å². The number of fused-ring (bicyclic) bond motifs is 1. The fourth-order valence-corrected chi connectivity index (χ4v) is 4.74. The molecule has 1 fully saturated rings. The fraction of sp³-hybridized carbons (Fsp3) is 0.423. The molecule has 3 aromatic rings. The summed E-state index contributed by atoms with van der Waals surface area (Å²) in [6, 6.07) is 3.75. The largest absolute Gasteiger partial charge is 0.573 e. The monoisotopic (exact) mass is 572 g/mol. The number of rotatable bonds is 5. The molecule has 1 aliphatic rings. The van der Waals surface area contributed by atoms with Gasteiger partial charge in [-0.3, -0.25) is 9.59 Å². The molecule has 8 nitrogen and oxygen atoms in total. The van der Waals surface area contributed by atoms with Gasteiger partial charge in [0.05, 0.1) is 34.4 Å². The van der Waals surface area contributed by atoms with Gasteiger partial charge in [0.25, 0.3) is 11.5 Å². The quantitative estimate of drug-likeness (QED) is 0.388. The smallest absolute Gasteiger partial charge is 0.404 e. The molecule has 1 aliphatic heterocycles. The molecule has 2 N–H and O–H groups in total. The van der Waals surface area contributed by atoms with Gasteiger partial charge in [-0.25, -0.2) is 4.98 Å². The van der Waals surface area contributed by atoms with Crippen molar-refractivity contribution >= 4 is 22.5 Å². The normalized spacial score (nSPS) is 19.0. The minimum atomic E-state index is -5.15. The van der Waals surface area contributed by atoms with E-state index in [-0.39, 0.29) is 53.3 Å². The molecular formula is C26H26F6N4O4. The van der Waals surface area contributed by atoms with Crippen molar-refractivity contribution in [2.24, 2.45) is 0 Å². The Morgan fingerprint density at radius 3 is 2.38 bits per heavy atom. The summed E-state index contributed by atoms with van der Waals surface area (Å²) < 4.78 is 91.6. The van der Waals surface area contributed by atoms with Gasteiger partial charge in [0.2, 0.25) is 0 Å². The Hall–Kier alpha value is -3.81. The Balaban J connectivity index is 1.73. The summed E-state index contributed by atoms with van der Waals surface area (Å²) >= 11 is 0. The molecule has 14 heteroatoms. The van der Waals surface area contributed by atoms with E-state index >= 15 is 0 Å². The van der Waals surface area contributed by atoms with Crippen LogP contribution in [0.15, 0.2) is 35.1 Å². The third kappa shape index (κ3) is 6.49. The number of aromatic nitrogens is 2. The van der Waals surface area contributed by atoms with Crippen LogP contribution in [0.4, 0.5) is 32.0 Å². The fourth-order valence-electron chi connectivity index (χ4n) is 4.74. The number of morpholine rings is 1. The number of ether oxygens (including phenoxy) is 2. The summed E-state index contributed by atoms with van der Waals surface area (Å²) in [4.78, 5) is 33.3. The minimum Gasteiger partial charge on any atom is -0.404 e. The summed E-state index contributed by atoms with van der Waals surface area (Å²) in [5.74, 6) is -1.23. The van der Waals surface area contributed by atoms with E-state index in [0.717, 1.165) is 24.3 Å². The van der Waals surface area contributed by atoms with Gasteiger partial charge in [-0.05, 0) is 63.6 Å². The molecule has 3 atom stereocenters. The Labute approximate surface area is 224 Å². The first kappa shape index (κ1) is 29.2. The van der Waals surface area contributed by atoms with Gasteiger partial charge in [0, 0.05) is 24.7 Å². The second-order valence-electron chi connectivity index (χ2n) is 9.70. The zero-order valence-electron chi connectivity index (χ0n) is 21.8. The average molecular weight is 573 g/mol. The van der Waals surface area contributed by atoms with Gasteiger partial charge >= 0.3 is 12.5 Å². The summed E-state index contributed by atoms with van der Waals surface area (Å²) in [5.41, 5.74) is -2.77. The highest BCUT2D eigenvalue weighted by molar-refractivity contribution is 5.95. The lowest BCUT2D eigenvalue weighted by Crippen LogP contribution is -2.48. The molecule has 2 aromatic carbocycles. The summed E-state index contributed by atoms with van der Waals surface area (Å²) in [6.45, 7) is 6.68. The molecule has 0 bridgehead atoms. The standard InChI is InChI=1S/C26H26F6N4O4/c1-12-10-36(11-13(2)39-12)24(38)16-5-6-20(22(7-16)40-26(30,31)32)33-14(3)17-8-18-21(9-19(17)25(27,28)29)34-15(4)35-23(18)37/h5-9,12-14,33H,10-11H2,1-4H3,(H,34,35,37). The molecule has 1 aromatic heterocycles. The maximum Gasteiger partial charge on any atom is 0.573 e. The van der Waals surface area contributed by atoms with Crippen LogP contribution in [0.25, 0.3) is 10.9 Å². The van der Waals surface area contributed by atoms with Crippen molar-refractivity contribution in [3.8, 4) is 5.75 Å². The Bertz CT molecular complexity index is 1480. The number of nitrogens with one attached hydrogen (secondary N) is 2. The van der Waals surface area contributed by atoms with E-state index in [0.29, 0.717) is 0 Å². The van der Waals surface area contributed by atoms with Crippen molar-refractivity contribution in [1.29, 1.82) is 0 Å². The number of aromatic amines is 1. The van der Waals surface area contributed by atoms with E-state index in [2.05, 4.69) is 20.0 Å². The molecule has 216 valence electrons. The maximum atomic E-state index is 14.0. The molecule has 4 rings (SSSR count). The molecule has 1 saturated heterocycles. The second kappa shape index (κ2) is 10.6. The Morgan fingerprint density at radius 1 is 1.12 bits per heavy atom. The number of hydrogen-bond donors (Lipinski definition) is 2. The number of H-pyrrole nitrogens is 1. The number of carbonyl (C=O) groups is 1. The van der Waals surface area contributed by atoms with Crippen LogP contribution in [-0.4, -0.2) is 52.4 Å². The summed E-state index contributed by atoms with van der Waals surface area (Å²) in [5, 5.41) is 2.49. The lowest BCUT2D eigenvalue weighted by molar-refractivity contribution is -0.274. The molecule has 40 heavy (non-hydrogen) atoms. The van der Waals surface area contributed by atoms with Crippen LogP contribution >= 0.6 is 0 Å². The van der Waals surface area contributed by atoms with E-state index in [1.807, 2.05) is 0 Å². The van der Waals surface area contributed by atoms with E-state index < -0.39 is 46.9 Å². The van der Waals surface area contributed by atoms with Crippen LogP contribution in [0.3, 0.4) is 0 Å². The molecule has 0 spiro atoms. The first-order chi connectivity index (χ1) is 18.5. The van der Waals surface area contributed by atoms with Crippen LogP contribution < -0.4 is 15.6 Å². The first-order valence-electron chi connectivity index (χ1n) is 12.2. The lowest BCUT2D eigenvalue weighted by atomic mass is 9.98. The molecule has 0 saturated carbocycles. The van der Waals surface area contributed by atoms with Gasteiger partial charge in [0.15, 0.2) is 5.75 Å². The van der Waals surface area contributed by atoms with Crippen molar-refractivity contribution in [2.75, 3.05) is 18.4 Å². The van der Waals surface area contributed by atoms with Crippen LogP contribution in [0, 0.1) is 6.92 Å². The van der Waals surface area contributed by atoms with Crippen molar-refractivity contribution in [2.45, 2.75) is 58.5 Å². The van der Waals surface area contributed by atoms with Crippen molar-refractivity contribution in [1.82, 2.24) is 14.9 Å². The Kier molecular flexibility index (Phi) is 7.76. The SMILES string of the molecule is Cc1nc2cc(C(F)(F)F)c(C(C)Nc3ccc(C(=O)N4CC(C)OC(C)C4)cc3OC(F)(F)F)cc2c(=O)[nH]1. The van der Waals surface area contributed by atoms with Gasteiger partial charge < -0.3 is 24.7 Å². The number of anilines is 1. The van der Waals surface area contributed by atoms with Gasteiger partial charge in [-0.15, -0.1) is 13.2 Å². The van der Waals surface area contributed by atoms with E-state index in [4.69, 9.17) is 4.74 Å². The number of halogens is 6. The highest BCUT2D eigenvalue weighted by Crippen LogP contribution is 2.39. The molecule has 3 unspecified atom stereocenters. The summed E-state index contributed by atoms with van der Waals surface area (Å²) in [7, 11) is 0. The number of hydrogen-bond acceptors (Lipinski definition) is 6. The minimum absolute atomic E-state index is 0.103. The maximum absolute atomic E-state index is 14.0. The van der Waals surface area contributed by atoms with Gasteiger partial charge in [-0.2, -0.15) is 13.2 Å². The molecule has 0 radical (unpaired) electrons. The predicted octanol–water partition coefficient (Wildman–Crippen LogP) is 5.57. The summed E-state index contributed by atoms with van der Waals surface area (Å²) in [6.07, 6.45) is -10.6. The van der Waals surface area contributed by atoms with Crippen molar-refractivity contribution in [3.63, 3.8) is 0 Å². The highest BCUT2D eigenvalue weighted by atomic mass is 19.4. The van der Waals surface area contributed by atoms with Crippen LogP contribution in [0.2, 0.25) is 0 Å². The van der Waals surface area contributed by atoms with Crippen LogP contribution in [0.1, 0.15) is 54.1 Å². The zero-order chi connectivity index (χ0) is 29.6. The third-order valence-corrected chi connectivity index (χ3v) is 6.30. The molecule has 0 aliphatic carbocycles. The number of aryl methyl sites for hydroxylation is 1. The molecular weight excluding hydrogens is 546 g/mol. The first-order valence-corrected chi connectivity index (χ1v) is 12.2. The number of amides is 1. The third-order valence-electron chi connectivity index (χ3n) is 6.30. The van der Waals surface area contributed by atoms with E-state index in [1.54, 1.807) is 13.8 Å². The Morgan fingerprint density at radius 2 is 1.77 bits per heavy atom. The highest BCUT2D eigenvalue weighted by Gasteiger charge is 2.37. The van der Waals surface area contributed by atoms with Crippen LogP contribution in [0.5, 0.6) is 5.75 Å². The van der Waals surface area contributed by atoms with Gasteiger partial charge in [0.1, 0.15) is 5.82 Å². The zero-order valence-corrected chi connectivity index (χ0v) is 21.8. The van der Waals surface area contributed by atoms with Crippen LogP contribution in [-0.2, 0) is 10.9 Å². The predicted molar refractivity (Wildman–Crippen MR) is 133 cm³/mol.